The third-order valence-electron chi connectivity index (χ3n) is 8.37. The maximum Gasteiger partial charge on any atom is 0.439 e. The topological polar surface area (TPSA) is 142 Å². The highest BCUT2D eigenvalue weighted by atomic mass is 16.6. The van der Waals surface area contributed by atoms with Gasteiger partial charge in [0.05, 0.1) is 24.1 Å². The lowest BCUT2D eigenvalue weighted by Gasteiger charge is -2.30. The molecule has 1 N–H and O–H groups in total. The van der Waals surface area contributed by atoms with Crippen molar-refractivity contribution < 1.29 is 14.1 Å². The normalized spacial score (nSPS) is 17.2. The molecule has 1 fully saturated rings. The van der Waals surface area contributed by atoms with Crippen LogP contribution in [0.15, 0.2) is 74.1 Å². The zero-order chi connectivity index (χ0) is 31.3. The van der Waals surface area contributed by atoms with Gasteiger partial charge in [0.2, 0.25) is 5.78 Å². The van der Waals surface area contributed by atoms with Crippen LogP contribution >= 0.6 is 0 Å². The maximum absolute atomic E-state index is 14.3. The van der Waals surface area contributed by atoms with Crippen LogP contribution in [0, 0.1) is 0 Å². The van der Waals surface area contributed by atoms with Crippen LogP contribution in [0.2, 0.25) is 0 Å². The van der Waals surface area contributed by atoms with E-state index in [0.717, 1.165) is 77.7 Å². The van der Waals surface area contributed by atoms with Crippen LogP contribution in [-0.4, -0.2) is 54.8 Å². The van der Waals surface area contributed by atoms with Crippen molar-refractivity contribution in [3.63, 3.8) is 0 Å². The molecule has 2 aromatic carbocycles. The molecule has 1 aliphatic rings. The van der Waals surface area contributed by atoms with E-state index >= 15 is 0 Å². The van der Waals surface area contributed by atoms with E-state index in [1.54, 1.807) is 0 Å². The second-order valence-electron chi connectivity index (χ2n) is 11.4. The highest BCUT2D eigenvalue weighted by molar-refractivity contribution is 5.82. The number of rotatable bonds is 11. The van der Waals surface area contributed by atoms with Crippen LogP contribution in [0.25, 0.3) is 28.3 Å². The predicted molar refractivity (Wildman–Crippen MR) is 169 cm³/mol. The van der Waals surface area contributed by atoms with E-state index in [-0.39, 0.29) is 17.7 Å². The van der Waals surface area contributed by atoms with Gasteiger partial charge in [-0.3, -0.25) is 18.9 Å². The summed E-state index contributed by atoms with van der Waals surface area (Å²) in [6, 6.07) is 15.8. The smallest absolute Gasteiger partial charge is 0.399 e. The van der Waals surface area contributed by atoms with Crippen LogP contribution < -0.4 is 11.3 Å². The average Bonchev–Trinajstić information content (AvgIpc) is 3.72. The Labute approximate surface area is 259 Å². The molecule has 1 saturated carbocycles. The number of hydrogen-bond acceptors (Lipinski definition) is 9. The van der Waals surface area contributed by atoms with E-state index in [1.165, 1.54) is 13.4 Å². The Hall–Kier alpha value is -4.84. The van der Waals surface area contributed by atoms with Crippen LogP contribution in [0.1, 0.15) is 68.8 Å². The summed E-state index contributed by atoms with van der Waals surface area (Å²) in [5.74, 6) is 0.371. The second kappa shape index (κ2) is 13.4. The van der Waals surface area contributed by atoms with Crippen molar-refractivity contribution in [2.75, 3.05) is 13.7 Å². The van der Waals surface area contributed by atoms with Crippen LogP contribution in [0.4, 0.5) is 0 Å². The quantitative estimate of drug-likeness (QED) is 0.163. The van der Waals surface area contributed by atoms with Crippen molar-refractivity contribution in [2.24, 2.45) is 5.16 Å². The van der Waals surface area contributed by atoms with E-state index in [0.29, 0.717) is 24.6 Å². The van der Waals surface area contributed by atoms with Gasteiger partial charge in [0.15, 0.2) is 5.82 Å². The number of aromatic amines is 1. The number of nitrogens with zero attached hydrogens (tertiary/aromatic N) is 6. The third-order valence-corrected chi connectivity index (χ3v) is 8.37. The van der Waals surface area contributed by atoms with E-state index in [4.69, 9.17) is 14.1 Å². The van der Waals surface area contributed by atoms with Gasteiger partial charge in [-0.1, -0.05) is 72.2 Å². The fraction of sp³-hybridized carbons (Fsp3) is 0.394. The molecule has 45 heavy (non-hydrogen) atoms. The molecule has 3 heterocycles. The number of fused-ring (bicyclic) bond motifs is 1. The minimum Gasteiger partial charge on any atom is -0.399 e. The third kappa shape index (κ3) is 6.37. The summed E-state index contributed by atoms with van der Waals surface area (Å²) < 4.78 is 14.5. The second-order valence-corrected chi connectivity index (χ2v) is 11.4. The first-order valence-electron chi connectivity index (χ1n) is 15.4. The number of oxime groups is 1. The van der Waals surface area contributed by atoms with E-state index in [9.17, 15) is 9.59 Å². The summed E-state index contributed by atoms with van der Waals surface area (Å²) in [5, 5.41) is 12.4. The molecule has 12 heteroatoms. The minimum atomic E-state index is -0.600. The predicted octanol–water partition coefficient (Wildman–Crippen LogP) is 4.97. The van der Waals surface area contributed by atoms with Gasteiger partial charge in [0.25, 0.3) is 5.56 Å². The van der Waals surface area contributed by atoms with Crippen LogP contribution in [0.5, 0.6) is 0 Å². The number of aromatic nitrogens is 6. The zero-order valence-corrected chi connectivity index (χ0v) is 25.7. The highest BCUT2D eigenvalue weighted by Crippen LogP contribution is 2.32. The molecule has 0 radical (unpaired) electrons. The van der Waals surface area contributed by atoms with Gasteiger partial charge in [0, 0.05) is 23.6 Å². The molecule has 234 valence electrons. The largest absolute Gasteiger partial charge is 0.439 e. The molecule has 3 aromatic heterocycles. The van der Waals surface area contributed by atoms with Gasteiger partial charge < -0.3 is 9.57 Å². The van der Waals surface area contributed by atoms with Crippen molar-refractivity contribution >= 4 is 11.5 Å². The van der Waals surface area contributed by atoms with Gasteiger partial charge in [0.1, 0.15) is 13.4 Å². The van der Waals surface area contributed by atoms with Crippen molar-refractivity contribution in [2.45, 2.75) is 70.9 Å². The maximum atomic E-state index is 14.3. The molecule has 6 rings (SSSR count). The van der Waals surface area contributed by atoms with E-state index in [1.807, 2.05) is 64.5 Å². The monoisotopic (exact) mass is 611 g/mol. The highest BCUT2D eigenvalue weighted by Gasteiger charge is 2.28. The average molecular weight is 612 g/mol. The van der Waals surface area contributed by atoms with Crippen molar-refractivity contribution in [3.8, 4) is 22.5 Å². The molecule has 0 spiro atoms. The summed E-state index contributed by atoms with van der Waals surface area (Å²) in [6.07, 6.45) is 7.02. The first-order valence-corrected chi connectivity index (χ1v) is 15.4. The number of aryl methyl sites for hydroxylation is 1. The molecule has 0 amide bonds. The van der Waals surface area contributed by atoms with Crippen molar-refractivity contribution in [1.29, 1.82) is 0 Å². The molecular weight excluding hydrogens is 574 g/mol. The lowest BCUT2D eigenvalue weighted by atomic mass is 9.92. The number of nitrogens with one attached hydrogen (secondary N) is 1. The van der Waals surface area contributed by atoms with Crippen molar-refractivity contribution in [1.82, 2.24) is 29.3 Å². The Morgan fingerprint density at radius 1 is 1.07 bits per heavy atom. The van der Waals surface area contributed by atoms with Gasteiger partial charge in [-0.25, -0.2) is 9.31 Å². The number of H-pyrrole nitrogens is 1. The summed E-state index contributed by atoms with van der Waals surface area (Å²) in [7, 11) is 1.53. The molecule has 0 aliphatic heterocycles. The fourth-order valence-corrected chi connectivity index (χ4v) is 6.26. The molecule has 0 bridgehead atoms. The SMILES string of the molecule is CCCc1c(Cc2ccc(-c3ccccc3-c3noc(=O)[nH]3)cc2)c(=O)n(C2CCC(OC/C(C)=N\OC)CC2)c2ncnn12. The summed E-state index contributed by atoms with van der Waals surface area (Å²) in [4.78, 5) is 37.9. The molecule has 0 saturated heterocycles. The first kappa shape index (κ1) is 30.2. The zero-order valence-electron chi connectivity index (χ0n) is 25.7. The fourth-order valence-electron chi connectivity index (χ4n) is 6.26. The number of ether oxygens (including phenoxy) is 1. The van der Waals surface area contributed by atoms with E-state index < -0.39 is 5.76 Å². The number of hydrogen-bond donors (Lipinski definition) is 1. The Bertz CT molecular complexity index is 1910. The minimum absolute atomic E-state index is 0.00389. The Kier molecular flexibility index (Phi) is 9.01. The Morgan fingerprint density at radius 3 is 2.51 bits per heavy atom. The summed E-state index contributed by atoms with van der Waals surface area (Å²) in [6.45, 7) is 4.41. The van der Waals surface area contributed by atoms with E-state index in [2.05, 4.69) is 32.3 Å². The first-order chi connectivity index (χ1) is 22.0. The Morgan fingerprint density at radius 2 is 1.82 bits per heavy atom. The van der Waals surface area contributed by atoms with Crippen LogP contribution in [0.3, 0.4) is 0 Å². The van der Waals surface area contributed by atoms with Gasteiger partial charge >= 0.3 is 5.76 Å². The van der Waals surface area contributed by atoms with Crippen molar-refractivity contribution in [3.05, 3.63) is 92.6 Å². The molecule has 1 aliphatic carbocycles. The molecule has 12 nitrogen and oxygen atoms in total. The Balaban J connectivity index is 1.28. The van der Waals surface area contributed by atoms with Gasteiger partial charge in [-0.05, 0) is 55.7 Å². The summed E-state index contributed by atoms with van der Waals surface area (Å²) in [5.41, 5.74) is 6.08. The molecule has 5 aromatic rings. The summed E-state index contributed by atoms with van der Waals surface area (Å²) >= 11 is 0. The number of benzene rings is 2. The lowest BCUT2D eigenvalue weighted by Crippen LogP contribution is -2.35. The van der Waals surface area contributed by atoms with Crippen LogP contribution in [-0.2, 0) is 22.4 Å². The molecular formula is C33H37N7O5. The molecule has 0 unspecified atom stereocenters. The lowest BCUT2D eigenvalue weighted by molar-refractivity contribution is 0.0402. The standard InChI is InChI=1S/C33H37N7O5/c1-4-7-29-28(18-22-10-12-23(13-11-22)26-8-5-6-9-27(26)30-36-33(42)45-38-30)31(41)39(32-34-20-35-40(29)32)24-14-16-25(17-15-24)44-19-21(2)37-43-3/h5-6,8-13,20,24-25H,4,7,14-19H2,1-3H3,(H,36,38,42)/b37-21-. The van der Waals surface area contributed by atoms with Gasteiger partial charge in [-0.15, -0.1) is 0 Å². The van der Waals surface area contributed by atoms with Gasteiger partial charge in [-0.2, -0.15) is 10.1 Å². The molecule has 0 atom stereocenters.